The summed E-state index contributed by atoms with van der Waals surface area (Å²) in [6.45, 7) is 1.66. The first-order chi connectivity index (χ1) is 6.07. The Morgan fingerprint density at radius 3 is 2.69 bits per heavy atom. The van der Waals surface area contributed by atoms with Gasteiger partial charge < -0.3 is 0 Å². The van der Waals surface area contributed by atoms with Crippen molar-refractivity contribution < 1.29 is 4.39 Å². The molecule has 68 valence electrons. The molecule has 1 aromatic rings. The van der Waals surface area contributed by atoms with E-state index in [1.54, 1.807) is 6.92 Å². The van der Waals surface area contributed by atoms with E-state index in [1.165, 1.54) is 6.07 Å². The van der Waals surface area contributed by atoms with Gasteiger partial charge in [-0.05, 0) is 57.1 Å². The maximum atomic E-state index is 13.1. The molecule has 13 heavy (non-hydrogen) atoms. The van der Waals surface area contributed by atoms with Crippen LogP contribution in [0, 0.1) is 12.7 Å². The molecule has 0 aliphatic rings. The van der Waals surface area contributed by atoms with Gasteiger partial charge in [-0.3, -0.25) is 0 Å². The monoisotopic (exact) mass is 323 g/mol. The standard InChI is InChI=1S/C8H4Br2FNS/c1-4-6(11)2-5(9)8(7(4)10)12-3-13/h2H,1H3. The summed E-state index contributed by atoms with van der Waals surface area (Å²) in [5, 5.41) is 2.24. The second-order valence-corrected chi connectivity index (χ2v) is 4.16. The fourth-order valence-corrected chi connectivity index (χ4v) is 2.16. The van der Waals surface area contributed by atoms with Crippen LogP contribution in [0.3, 0.4) is 0 Å². The molecular weight excluding hydrogens is 321 g/mol. The average Bonchev–Trinajstić information content (AvgIpc) is 2.09. The summed E-state index contributed by atoms with van der Waals surface area (Å²) >= 11 is 10.9. The van der Waals surface area contributed by atoms with Crippen molar-refractivity contribution in [2.45, 2.75) is 6.92 Å². The van der Waals surface area contributed by atoms with Crippen LogP contribution >= 0.6 is 44.1 Å². The Labute approximate surface area is 97.3 Å². The quantitative estimate of drug-likeness (QED) is 0.551. The predicted molar refractivity (Wildman–Crippen MR) is 61.2 cm³/mol. The minimum atomic E-state index is -0.290. The molecule has 0 fully saturated rings. The van der Waals surface area contributed by atoms with Gasteiger partial charge in [0.2, 0.25) is 0 Å². The first kappa shape index (κ1) is 11.0. The Balaban J connectivity index is 3.52. The Kier molecular flexibility index (Phi) is 3.74. The van der Waals surface area contributed by atoms with Crippen molar-refractivity contribution >= 4 is 54.9 Å². The van der Waals surface area contributed by atoms with Crippen LogP contribution in [-0.4, -0.2) is 5.16 Å². The van der Waals surface area contributed by atoms with Gasteiger partial charge in [0.1, 0.15) is 11.5 Å². The van der Waals surface area contributed by atoms with E-state index in [1.807, 2.05) is 0 Å². The number of isothiocyanates is 1. The second-order valence-electron chi connectivity index (χ2n) is 2.33. The minimum absolute atomic E-state index is 0.290. The van der Waals surface area contributed by atoms with E-state index in [0.29, 0.717) is 20.2 Å². The van der Waals surface area contributed by atoms with Crippen molar-refractivity contribution in [3.05, 3.63) is 26.4 Å². The summed E-state index contributed by atoms with van der Waals surface area (Å²) in [6, 6.07) is 1.35. The number of nitrogens with zero attached hydrogens (tertiary/aromatic N) is 1. The lowest BCUT2D eigenvalue weighted by molar-refractivity contribution is 0.616. The highest BCUT2D eigenvalue weighted by atomic mass is 79.9. The molecule has 0 radical (unpaired) electrons. The molecule has 5 heteroatoms. The zero-order valence-electron chi connectivity index (χ0n) is 6.57. The zero-order valence-corrected chi connectivity index (χ0v) is 10.6. The number of thiocarbonyl (C=S) groups is 1. The third kappa shape index (κ3) is 2.23. The molecule has 0 heterocycles. The molecule has 0 aliphatic carbocycles. The maximum Gasteiger partial charge on any atom is 0.128 e. The van der Waals surface area contributed by atoms with Crippen molar-refractivity contribution in [2.75, 3.05) is 0 Å². The van der Waals surface area contributed by atoms with E-state index >= 15 is 0 Å². The smallest absolute Gasteiger partial charge is 0.128 e. The van der Waals surface area contributed by atoms with Crippen LogP contribution in [0.15, 0.2) is 20.0 Å². The Hall–Kier alpha value is -0.0900. The molecule has 0 amide bonds. The number of aliphatic imine (C=N–C) groups is 1. The van der Waals surface area contributed by atoms with Crippen LogP contribution in [0.2, 0.25) is 0 Å². The molecule has 1 aromatic carbocycles. The molecule has 0 saturated carbocycles. The summed E-state index contributed by atoms with van der Waals surface area (Å²) in [6.07, 6.45) is 0. The second kappa shape index (κ2) is 4.42. The van der Waals surface area contributed by atoms with E-state index in [-0.39, 0.29) is 5.82 Å². The minimum Gasteiger partial charge on any atom is -0.207 e. The summed E-state index contributed by atoms with van der Waals surface area (Å²) < 4.78 is 14.3. The number of hydrogen-bond acceptors (Lipinski definition) is 2. The van der Waals surface area contributed by atoms with Gasteiger partial charge in [-0.1, -0.05) is 0 Å². The zero-order chi connectivity index (χ0) is 10.0. The van der Waals surface area contributed by atoms with Crippen molar-refractivity contribution in [1.29, 1.82) is 0 Å². The van der Waals surface area contributed by atoms with E-state index in [2.05, 4.69) is 54.2 Å². The highest BCUT2D eigenvalue weighted by Crippen LogP contribution is 2.37. The Morgan fingerprint density at radius 2 is 2.15 bits per heavy atom. The van der Waals surface area contributed by atoms with Crippen molar-refractivity contribution in [2.24, 2.45) is 4.99 Å². The highest BCUT2D eigenvalue weighted by Gasteiger charge is 2.11. The van der Waals surface area contributed by atoms with Crippen molar-refractivity contribution in [3.63, 3.8) is 0 Å². The third-order valence-corrected chi connectivity index (χ3v) is 3.20. The van der Waals surface area contributed by atoms with Crippen LogP contribution in [-0.2, 0) is 0 Å². The van der Waals surface area contributed by atoms with Gasteiger partial charge in [0.25, 0.3) is 0 Å². The van der Waals surface area contributed by atoms with Crippen LogP contribution in [0.4, 0.5) is 10.1 Å². The van der Waals surface area contributed by atoms with Gasteiger partial charge in [-0.15, -0.1) is 0 Å². The van der Waals surface area contributed by atoms with E-state index in [9.17, 15) is 4.39 Å². The third-order valence-electron chi connectivity index (χ3n) is 1.53. The molecule has 0 unspecified atom stereocenters. The van der Waals surface area contributed by atoms with Crippen molar-refractivity contribution in [1.82, 2.24) is 0 Å². The number of halogens is 3. The normalized spacial score (nSPS) is 9.54. The molecule has 0 aliphatic heterocycles. The number of hydrogen-bond donors (Lipinski definition) is 0. The highest BCUT2D eigenvalue weighted by molar-refractivity contribution is 9.11. The predicted octanol–water partition coefficient (Wildman–Crippen LogP) is 4.39. The van der Waals surface area contributed by atoms with Gasteiger partial charge in [-0.25, -0.2) is 4.39 Å². The fourth-order valence-electron chi connectivity index (χ4n) is 0.823. The molecule has 0 spiro atoms. The molecule has 0 N–H and O–H groups in total. The maximum absolute atomic E-state index is 13.1. The van der Waals surface area contributed by atoms with E-state index in [0.717, 1.165) is 0 Å². The van der Waals surface area contributed by atoms with Crippen molar-refractivity contribution in [3.8, 4) is 0 Å². The molecule has 1 rings (SSSR count). The van der Waals surface area contributed by atoms with Gasteiger partial charge in [0.15, 0.2) is 0 Å². The summed E-state index contributed by atoms with van der Waals surface area (Å²) in [5.41, 5.74) is 1.07. The topological polar surface area (TPSA) is 12.4 Å². The van der Waals surface area contributed by atoms with Crippen LogP contribution in [0.5, 0.6) is 0 Å². The lowest BCUT2D eigenvalue weighted by Gasteiger charge is -2.04. The number of rotatable bonds is 1. The number of benzene rings is 1. The van der Waals surface area contributed by atoms with Gasteiger partial charge in [0, 0.05) is 10.0 Å². The largest absolute Gasteiger partial charge is 0.207 e. The molecular formula is C8H4Br2FNS. The molecule has 0 aromatic heterocycles. The summed E-state index contributed by atoms with van der Waals surface area (Å²) in [5.74, 6) is -0.290. The fraction of sp³-hybridized carbons (Fsp3) is 0.125. The lowest BCUT2D eigenvalue weighted by atomic mass is 10.2. The van der Waals surface area contributed by atoms with Gasteiger partial charge in [0.05, 0.1) is 9.63 Å². The summed E-state index contributed by atoms with van der Waals surface area (Å²) in [7, 11) is 0. The van der Waals surface area contributed by atoms with Gasteiger partial charge in [-0.2, -0.15) is 4.99 Å². The Morgan fingerprint density at radius 1 is 1.54 bits per heavy atom. The molecule has 0 atom stereocenters. The van der Waals surface area contributed by atoms with Gasteiger partial charge >= 0.3 is 0 Å². The van der Waals surface area contributed by atoms with Crippen LogP contribution in [0.1, 0.15) is 5.56 Å². The molecule has 1 nitrogen and oxygen atoms in total. The SMILES string of the molecule is Cc1c(F)cc(Br)c(N=C=S)c1Br. The first-order valence-electron chi connectivity index (χ1n) is 3.30. The van der Waals surface area contributed by atoms with E-state index < -0.39 is 0 Å². The summed E-state index contributed by atoms with van der Waals surface area (Å²) in [4.78, 5) is 3.81. The molecule has 0 saturated heterocycles. The van der Waals surface area contributed by atoms with Crippen LogP contribution < -0.4 is 0 Å². The van der Waals surface area contributed by atoms with E-state index in [4.69, 9.17) is 0 Å². The average molecular weight is 325 g/mol. The first-order valence-corrected chi connectivity index (χ1v) is 5.29. The molecule has 0 bridgehead atoms. The van der Waals surface area contributed by atoms with Crippen LogP contribution in [0.25, 0.3) is 0 Å². The lowest BCUT2D eigenvalue weighted by Crippen LogP contribution is -1.85. The Bertz CT molecular complexity index is 400.